The number of amides is 11. The molecule has 7 N–H and O–H groups in total. The first-order valence-electron chi connectivity index (χ1n) is 33.0. The van der Waals surface area contributed by atoms with Crippen molar-refractivity contribution in [2.45, 2.75) is 215 Å². The highest BCUT2D eigenvalue weighted by Crippen LogP contribution is 2.27. The van der Waals surface area contributed by atoms with E-state index < -0.39 is 165 Å². The summed E-state index contributed by atoms with van der Waals surface area (Å²) < 4.78 is 48.8. The molecule has 11 amide bonds. The van der Waals surface area contributed by atoms with Crippen LogP contribution in [0.15, 0.2) is 17.0 Å². The maximum absolute atomic E-state index is 15.3. The van der Waals surface area contributed by atoms with E-state index in [1.807, 2.05) is 55.4 Å². The van der Waals surface area contributed by atoms with Crippen molar-refractivity contribution in [2.75, 3.05) is 62.4 Å². The molecule has 1 aromatic heterocycles. The van der Waals surface area contributed by atoms with Crippen LogP contribution in [-0.2, 0) is 69.3 Å². The second-order valence-corrected chi connectivity index (χ2v) is 29.5. The summed E-state index contributed by atoms with van der Waals surface area (Å²) in [6.45, 7) is 27.5. The van der Waals surface area contributed by atoms with Gasteiger partial charge in [0.1, 0.15) is 65.7 Å². The van der Waals surface area contributed by atoms with E-state index in [4.69, 9.17) is 0 Å². The highest BCUT2D eigenvalue weighted by atomic mass is 32.2. The van der Waals surface area contributed by atoms with Gasteiger partial charge in [0, 0.05) is 62.3 Å². The van der Waals surface area contributed by atoms with Crippen LogP contribution in [0.25, 0.3) is 11.0 Å². The second kappa shape index (κ2) is 37.4. The van der Waals surface area contributed by atoms with Crippen molar-refractivity contribution >= 4 is 86.6 Å². The summed E-state index contributed by atoms with van der Waals surface area (Å²) in [7, 11) is 4.78. The largest absolute Gasteiger partial charge is 0.390 e. The molecule has 0 saturated heterocycles. The number of aromatic amines is 1. The summed E-state index contributed by atoms with van der Waals surface area (Å²) in [6, 6.07) is -9.55. The van der Waals surface area contributed by atoms with Gasteiger partial charge in [-0.25, -0.2) is 9.37 Å². The fourth-order valence-corrected chi connectivity index (χ4v) is 12.0. The van der Waals surface area contributed by atoms with Gasteiger partial charge >= 0.3 is 0 Å². The molecule has 11 unspecified atom stereocenters. The van der Waals surface area contributed by atoms with Crippen LogP contribution in [-0.4, -0.2) is 251 Å². The molecule has 544 valence electrons. The molecule has 0 radical (unpaired) electrons. The van der Waals surface area contributed by atoms with Gasteiger partial charge in [0.15, 0.2) is 5.82 Å². The molecule has 30 heteroatoms. The predicted octanol–water partition coefficient (Wildman–Crippen LogP) is 3.06. The van der Waals surface area contributed by atoms with E-state index in [1.54, 1.807) is 34.6 Å². The van der Waals surface area contributed by atoms with E-state index in [0.717, 1.165) is 20.8 Å². The van der Waals surface area contributed by atoms with Crippen molar-refractivity contribution in [1.82, 2.24) is 65.5 Å². The summed E-state index contributed by atoms with van der Waals surface area (Å²) in [6.07, 6.45) is -0.309. The molecular weight excluding hydrogens is 1270 g/mol. The Morgan fingerprint density at radius 1 is 0.573 bits per heavy atom. The lowest BCUT2D eigenvalue weighted by Gasteiger charge is -2.41. The van der Waals surface area contributed by atoms with Crippen LogP contribution in [0.1, 0.15) is 149 Å². The second-order valence-electron chi connectivity index (χ2n) is 28.0. The molecule has 11 atom stereocenters. The number of benzene rings is 1. The Morgan fingerprint density at radius 3 is 1.55 bits per heavy atom. The zero-order valence-corrected chi connectivity index (χ0v) is 61.6. The molecule has 2 rings (SSSR count). The third-order valence-corrected chi connectivity index (χ3v) is 18.0. The smallest absolute Gasteiger partial charge is 0.294 e. The zero-order chi connectivity index (χ0) is 74.0. The Labute approximate surface area is 567 Å². The minimum Gasteiger partial charge on any atom is -0.390 e. The number of H-pyrrole nitrogens is 1. The van der Waals surface area contributed by atoms with Crippen molar-refractivity contribution in [2.24, 2.45) is 41.4 Å². The number of carbonyl (C=O) groups excluding carboxylic acids is 11. The Hall–Kier alpha value is -7.34. The van der Waals surface area contributed by atoms with Gasteiger partial charge in [-0.05, 0) is 106 Å². The van der Waals surface area contributed by atoms with Gasteiger partial charge in [0.05, 0.1) is 23.1 Å². The van der Waals surface area contributed by atoms with Crippen LogP contribution < -0.4 is 21.3 Å². The van der Waals surface area contributed by atoms with E-state index in [9.17, 15) is 66.0 Å². The molecule has 2 aromatic rings. The molecule has 0 bridgehead atoms. The normalized spacial score (nSPS) is 15.3. The highest BCUT2D eigenvalue weighted by Gasteiger charge is 2.45. The Kier molecular flexibility index (Phi) is 33.0. The van der Waals surface area contributed by atoms with Gasteiger partial charge in [0.2, 0.25) is 65.5 Å². The number of rotatable bonds is 38. The number of carbonyl (C=O) groups is 11. The average Bonchev–Trinajstić information content (AvgIpc) is 1.55. The van der Waals surface area contributed by atoms with Gasteiger partial charge < -0.3 is 65.7 Å². The number of hydrogen-bond acceptors (Lipinski definition) is 15. The first-order valence-corrected chi connectivity index (χ1v) is 34.5. The number of halogens is 1. The minimum absolute atomic E-state index is 0.00532. The summed E-state index contributed by atoms with van der Waals surface area (Å²) in [5, 5.41) is 23.2. The average molecular weight is 1380 g/mol. The van der Waals surface area contributed by atoms with Crippen LogP contribution in [0.5, 0.6) is 0 Å². The molecule has 0 spiro atoms. The topological polar surface area (TPSA) is 362 Å². The Morgan fingerprint density at radius 2 is 1.06 bits per heavy atom. The predicted molar refractivity (Wildman–Crippen MR) is 361 cm³/mol. The number of nitrogens with one attached hydrogen (secondary N) is 5. The van der Waals surface area contributed by atoms with Gasteiger partial charge in [-0.3, -0.25) is 57.3 Å². The number of nitrogens with zero attached hydrogens (tertiary/aromatic N) is 8. The van der Waals surface area contributed by atoms with Crippen LogP contribution in [0, 0.1) is 47.2 Å². The van der Waals surface area contributed by atoms with E-state index in [1.165, 1.54) is 89.7 Å². The molecular formula is C66H112FN13O15S. The minimum atomic E-state index is -4.86. The van der Waals surface area contributed by atoms with Crippen LogP contribution in [0.3, 0.4) is 0 Å². The first-order chi connectivity index (χ1) is 44.3. The molecule has 0 saturated carbocycles. The zero-order valence-electron chi connectivity index (χ0n) is 60.8. The van der Waals surface area contributed by atoms with Crippen LogP contribution >= 0.6 is 0 Å². The summed E-state index contributed by atoms with van der Waals surface area (Å²) in [4.78, 5) is 170. The number of aromatic nitrogens is 2. The number of likely N-dealkylation sites (N-methyl/N-ethyl adjacent to an activating group) is 8. The summed E-state index contributed by atoms with van der Waals surface area (Å²) >= 11 is 0. The monoisotopic (exact) mass is 1380 g/mol. The standard InChI is InChI=1S/C66H112FN13O15S/c1-24-68-58(84)42(15)69-59(85)49(28-37(6)7)78(21)65(91)53(39(10)11)73-60(86)48(27-36(4)5)76(19)52(82)33-74(17)62(88)43(16)70-61(87)56(57(83)41(14)30-51-71-46-32-44(96(93,94)95)31-45(67)54(46)72-51)80(23)66(92)55(40(12)13)79(22)63(89)47(26-25-35(2)3)77(20)64(90)50(29-38(8)9)75(18)34-81/h31-32,34-43,47-50,53,55-57,83H,24-30,33H2,1-23H3,(H,68,84)(H,69,85)(H,70,87)(H,71,72)(H,73,86)(H,93,94,95). The molecule has 0 aliphatic rings. The molecule has 0 fully saturated rings. The summed E-state index contributed by atoms with van der Waals surface area (Å²) in [5.41, 5.74) is -0.440. The third-order valence-electron chi connectivity index (χ3n) is 17.2. The molecule has 0 aliphatic carbocycles. The van der Waals surface area contributed by atoms with Crippen molar-refractivity contribution in [3.8, 4) is 0 Å². The lowest BCUT2D eigenvalue weighted by Crippen LogP contribution is -2.63. The van der Waals surface area contributed by atoms with Gasteiger partial charge in [0.25, 0.3) is 10.1 Å². The maximum atomic E-state index is 15.3. The Balaban J connectivity index is 2.65. The quantitative estimate of drug-likeness (QED) is 0.0375. The maximum Gasteiger partial charge on any atom is 0.294 e. The van der Waals surface area contributed by atoms with E-state index in [2.05, 4.69) is 31.2 Å². The molecule has 1 heterocycles. The lowest BCUT2D eigenvalue weighted by atomic mass is 9.91. The number of aliphatic hydroxyl groups excluding tert-OH is 1. The highest BCUT2D eigenvalue weighted by molar-refractivity contribution is 7.85. The van der Waals surface area contributed by atoms with Gasteiger partial charge in [-0.15, -0.1) is 0 Å². The lowest BCUT2D eigenvalue weighted by molar-refractivity contribution is -0.157. The number of fused-ring (bicyclic) bond motifs is 1. The molecule has 28 nitrogen and oxygen atoms in total. The fraction of sp³-hybridized carbons (Fsp3) is 0.727. The first kappa shape index (κ1) is 84.7. The summed E-state index contributed by atoms with van der Waals surface area (Å²) in [5.74, 6) is -10.5. The molecule has 0 aliphatic heterocycles. The number of aliphatic hydroxyl groups is 1. The van der Waals surface area contributed by atoms with E-state index >= 15 is 9.18 Å². The van der Waals surface area contributed by atoms with Gasteiger partial charge in [-0.1, -0.05) is 90.0 Å². The van der Waals surface area contributed by atoms with Crippen LogP contribution in [0.2, 0.25) is 0 Å². The van der Waals surface area contributed by atoms with Crippen molar-refractivity contribution in [1.29, 1.82) is 0 Å². The van der Waals surface area contributed by atoms with Gasteiger partial charge in [-0.2, -0.15) is 8.42 Å². The Bertz CT molecular complexity index is 3140. The number of hydrogen-bond donors (Lipinski definition) is 7. The van der Waals surface area contributed by atoms with Crippen LogP contribution in [0.4, 0.5) is 4.39 Å². The third kappa shape index (κ3) is 23.5. The van der Waals surface area contributed by atoms with Crippen molar-refractivity contribution < 1.29 is 75.2 Å². The van der Waals surface area contributed by atoms with E-state index in [0.29, 0.717) is 25.4 Å². The molecule has 96 heavy (non-hydrogen) atoms. The SMILES string of the molecule is CCNC(=O)C(C)NC(=O)C(CC(C)C)N(C)C(=O)C(NC(=O)C(CC(C)C)N(C)C(=O)CN(C)C(=O)C(C)NC(=O)C(C(O)C(C)Cc1nc2c(F)cc(S(=O)(=O)O)cc2[nH]1)N(C)C(=O)C(C(C)C)N(C)C(=O)C(CCC(C)C)N(C)C(=O)C(CC(C)C)N(C)C=O)C(C)C. The number of imidazole rings is 1. The van der Waals surface area contributed by atoms with Crippen molar-refractivity contribution in [3.63, 3.8) is 0 Å². The van der Waals surface area contributed by atoms with E-state index in [-0.39, 0.29) is 72.6 Å². The molecule has 1 aromatic carbocycles. The van der Waals surface area contributed by atoms with Crippen molar-refractivity contribution in [3.05, 3.63) is 23.8 Å². The fourth-order valence-electron chi connectivity index (χ4n) is 11.5.